The third-order valence-electron chi connectivity index (χ3n) is 3.83. The van der Waals surface area contributed by atoms with Crippen LogP contribution in [0.2, 0.25) is 0 Å². The maximum absolute atomic E-state index is 11.9. The van der Waals surface area contributed by atoms with E-state index >= 15 is 0 Å². The van der Waals surface area contributed by atoms with Crippen molar-refractivity contribution < 1.29 is 9.00 Å². The Kier molecular flexibility index (Phi) is 8.86. The lowest BCUT2D eigenvalue weighted by atomic mass is 9.94. The van der Waals surface area contributed by atoms with E-state index in [9.17, 15) is 9.00 Å². The minimum absolute atomic E-state index is 0. The van der Waals surface area contributed by atoms with E-state index in [2.05, 4.69) is 5.32 Å². The van der Waals surface area contributed by atoms with Crippen LogP contribution in [0.25, 0.3) is 0 Å². The van der Waals surface area contributed by atoms with Gasteiger partial charge in [0.15, 0.2) is 0 Å². The molecule has 6 heteroatoms. The summed E-state index contributed by atoms with van der Waals surface area (Å²) in [6.45, 7) is 5.65. The molecule has 0 spiro atoms. The summed E-state index contributed by atoms with van der Waals surface area (Å²) in [7, 11) is -0.744. The second-order valence-corrected chi connectivity index (χ2v) is 7.32. The van der Waals surface area contributed by atoms with Gasteiger partial charge in [-0.1, -0.05) is 20.3 Å². The van der Waals surface area contributed by atoms with Gasteiger partial charge in [-0.25, -0.2) is 0 Å². The number of nitrogens with one attached hydrogen (secondary N) is 1. The molecule has 1 rings (SSSR count). The molecule has 1 amide bonds. The van der Waals surface area contributed by atoms with Crippen LogP contribution in [0.15, 0.2) is 0 Å². The number of nitrogens with two attached hydrogens (primary N) is 1. The highest BCUT2D eigenvalue weighted by Crippen LogP contribution is 2.23. The molecule has 0 radical (unpaired) electrons. The highest BCUT2D eigenvalue weighted by atomic mass is 35.5. The molecule has 0 aromatic carbocycles. The Bertz CT molecular complexity index is 313. The molecule has 1 aliphatic rings. The van der Waals surface area contributed by atoms with Gasteiger partial charge < -0.3 is 11.1 Å². The zero-order chi connectivity index (χ0) is 13.7. The zero-order valence-corrected chi connectivity index (χ0v) is 13.7. The first-order valence-electron chi connectivity index (χ1n) is 6.88. The summed E-state index contributed by atoms with van der Waals surface area (Å²) < 4.78 is 11.8. The van der Waals surface area contributed by atoms with Crippen molar-refractivity contribution in [1.29, 1.82) is 0 Å². The zero-order valence-electron chi connectivity index (χ0n) is 12.1. The molecule has 0 aliphatic heterocycles. The molecule has 0 heterocycles. The van der Waals surface area contributed by atoms with Crippen LogP contribution in [0.3, 0.4) is 0 Å². The van der Waals surface area contributed by atoms with E-state index in [1.807, 2.05) is 20.8 Å². The standard InChI is InChI=1S/C13H26N2O2S.ClH/c1-4-18(17)12-7-5-6-11(8-12)15-13(16)9(2)10(3)14;/h9-12H,4-8,14H2,1-3H3,(H,15,16);1H. The summed E-state index contributed by atoms with van der Waals surface area (Å²) in [6.07, 6.45) is 3.91. The van der Waals surface area contributed by atoms with Crippen LogP contribution in [0, 0.1) is 5.92 Å². The lowest BCUT2D eigenvalue weighted by Crippen LogP contribution is -2.46. The molecule has 1 fully saturated rings. The van der Waals surface area contributed by atoms with Crippen molar-refractivity contribution in [1.82, 2.24) is 5.32 Å². The van der Waals surface area contributed by atoms with Crippen LogP contribution < -0.4 is 11.1 Å². The molecule has 0 aromatic rings. The summed E-state index contributed by atoms with van der Waals surface area (Å²) in [5, 5.41) is 3.31. The average Bonchev–Trinajstić information content (AvgIpc) is 2.36. The molecule has 5 atom stereocenters. The van der Waals surface area contributed by atoms with Crippen LogP contribution in [0.1, 0.15) is 46.5 Å². The lowest BCUT2D eigenvalue weighted by Gasteiger charge is -2.30. The SMILES string of the molecule is CCS(=O)C1CCCC(NC(=O)C(C)C(C)N)C1.Cl. The topological polar surface area (TPSA) is 72.2 Å². The average molecular weight is 311 g/mol. The summed E-state index contributed by atoms with van der Waals surface area (Å²) in [6, 6.07) is 0.0436. The number of hydrogen-bond acceptors (Lipinski definition) is 3. The highest BCUT2D eigenvalue weighted by molar-refractivity contribution is 7.85. The quantitative estimate of drug-likeness (QED) is 0.810. The number of halogens is 1. The monoisotopic (exact) mass is 310 g/mol. The molecule has 1 aliphatic carbocycles. The highest BCUT2D eigenvalue weighted by Gasteiger charge is 2.28. The van der Waals surface area contributed by atoms with Gasteiger partial charge >= 0.3 is 0 Å². The largest absolute Gasteiger partial charge is 0.353 e. The molecule has 0 saturated heterocycles. The smallest absolute Gasteiger partial charge is 0.224 e. The summed E-state index contributed by atoms with van der Waals surface area (Å²) in [5.41, 5.74) is 5.73. The van der Waals surface area contributed by atoms with Gasteiger partial charge in [0.05, 0.1) is 0 Å². The molecule has 1 saturated carbocycles. The number of amides is 1. The summed E-state index contributed by atoms with van der Waals surface area (Å²) in [5.74, 6) is 0.571. The Morgan fingerprint density at radius 3 is 2.58 bits per heavy atom. The van der Waals surface area contributed by atoms with E-state index in [1.165, 1.54) is 0 Å². The van der Waals surface area contributed by atoms with Gasteiger partial charge in [-0.15, -0.1) is 12.4 Å². The molecular formula is C13H27ClN2O2S. The lowest BCUT2D eigenvalue weighted by molar-refractivity contribution is -0.125. The Morgan fingerprint density at radius 1 is 1.42 bits per heavy atom. The Balaban J connectivity index is 0.00000324. The summed E-state index contributed by atoms with van der Waals surface area (Å²) >= 11 is 0. The Labute approximate surface area is 125 Å². The second kappa shape index (κ2) is 8.93. The van der Waals surface area contributed by atoms with E-state index in [0.717, 1.165) is 25.7 Å². The van der Waals surface area contributed by atoms with Gasteiger partial charge in [0.25, 0.3) is 0 Å². The molecule has 4 nitrogen and oxygen atoms in total. The van der Waals surface area contributed by atoms with Gasteiger partial charge in [-0.3, -0.25) is 9.00 Å². The van der Waals surface area contributed by atoms with Crippen molar-refractivity contribution in [2.24, 2.45) is 11.7 Å². The molecular weight excluding hydrogens is 284 g/mol. The second-order valence-electron chi connectivity index (χ2n) is 5.31. The fourth-order valence-corrected chi connectivity index (χ4v) is 3.67. The van der Waals surface area contributed by atoms with Gasteiger partial charge in [0.1, 0.15) is 0 Å². The third kappa shape index (κ3) is 5.79. The molecule has 0 bridgehead atoms. The number of carbonyl (C=O) groups is 1. The van der Waals surface area contributed by atoms with Gasteiger partial charge in [0.2, 0.25) is 5.91 Å². The van der Waals surface area contributed by atoms with Crippen molar-refractivity contribution in [3.63, 3.8) is 0 Å². The molecule has 0 aromatic heterocycles. The number of rotatable bonds is 5. The van der Waals surface area contributed by atoms with Crippen molar-refractivity contribution in [3.8, 4) is 0 Å². The predicted octanol–water partition coefficient (Wildman–Crippen LogP) is 1.59. The Morgan fingerprint density at radius 2 is 2.05 bits per heavy atom. The van der Waals surface area contributed by atoms with Gasteiger partial charge in [-0.2, -0.15) is 0 Å². The fourth-order valence-electron chi connectivity index (χ4n) is 2.32. The normalized spacial score (nSPS) is 27.8. The van der Waals surface area contributed by atoms with E-state index in [-0.39, 0.29) is 41.6 Å². The molecule has 19 heavy (non-hydrogen) atoms. The minimum Gasteiger partial charge on any atom is -0.353 e. The molecule has 3 N–H and O–H groups in total. The number of hydrogen-bond donors (Lipinski definition) is 2. The van der Waals surface area contributed by atoms with Crippen molar-refractivity contribution >= 4 is 29.1 Å². The van der Waals surface area contributed by atoms with E-state index in [0.29, 0.717) is 5.75 Å². The van der Waals surface area contributed by atoms with Crippen LogP contribution in [0.5, 0.6) is 0 Å². The first-order chi connectivity index (χ1) is 8.45. The summed E-state index contributed by atoms with van der Waals surface area (Å²) in [4.78, 5) is 11.9. The van der Waals surface area contributed by atoms with E-state index in [1.54, 1.807) is 0 Å². The van der Waals surface area contributed by atoms with Crippen LogP contribution in [0.4, 0.5) is 0 Å². The minimum atomic E-state index is -0.744. The van der Waals surface area contributed by atoms with Gasteiger partial charge in [0, 0.05) is 39.8 Å². The molecule has 114 valence electrons. The first-order valence-corrected chi connectivity index (χ1v) is 8.27. The maximum Gasteiger partial charge on any atom is 0.224 e. The van der Waals surface area contributed by atoms with Crippen molar-refractivity contribution in [2.75, 3.05) is 5.75 Å². The first kappa shape index (κ1) is 18.9. The van der Waals surface area contributed by atoms with Crippen LogP contribution >= 0.6 is 12.4 Å². The van der Waals surface area contributed by atoms with Crippen LogP contribution in [-0.4, -0.2) is 33.2 Å². The predicted molar refractivity (Wildman–Crippen MR) is 82.9 cm³/mol. The van der Waals surface area contributed by atoms with E-state index in [4.69, 9.17) is 5.73 Å². The van der Waals surface area contributed by atoms with Crippen molar-refractivity contribution in [3.05, 3.63) is 0 Å². The third-order valence-corrected chi connectivity index (χ3v) is 5.57. The van der Waals surface area contributed by atoms with Crippen LogP contribution in [-0.2, 0) is 15.6 Å². The van der Waals surface area contributed by atoms with Crippen molar-refractivity contribution in [2.45, 2.75) is 63.8 Å². The maximum atomic E-state index is 11.9. The molecule has 5 unspecified atom stereocenters. The number of carbonyl (C=O) groups excluding carboxylic acids is 1. The Hall–Kier alpha value is -0.130. The van der Waals surface area contributed by atoms with Gasteiger partial charge in [-0.05, 0) is 26.2 Å². The van der Waals surface area contributed by atoms with E-state index < -0.39 is 10.8 Å². The fraction of sp³-hybridized carbons (Fsp3) is 0.923.